The summed E-state index contributed by atoms with van der Waals surface area (Å²) in [4.78, 5) is 61.5. The summed E-state index contributed by atoms with van der Waals surface area (Å²) >= 11 is 0. The molecule has 1 aliphatic carbocycles. The lowest BCUT2D eigenvalue weighted by atomic mass is 9.92. The van der Waals surface area contributed by atoms with Crippen molar-refractivity contribution in [3.63, 3.8) is 0 Å². The largest absolute Gasteiger partial charge is 0.444 e. The van der Waals surface area contributed by atoms with E-state index < -0.39 is 17.7 Å². The van der Waals surface area contributed by atoms with Gasteiger partial charge >= 0.3 is 6.09 Å². The molecule has 60 heavy (non-hydrogen) atoms. The van der Waals surface area contributed by atoms with Crippen molar-refractivity contribution in [3.8, 4) is 23.1 Å². The zero-order chi connectivity index (χ0) is 42.3. The maximum atomic E-state index is 14.3. The number of aromatic nitrogens is 4. The van der Waals surface area contributed by atoms with Crippen molar-refractivity contribution < 1.29 is 19.1 Å². The van der Waals surface area contributed by atoms with Gasteiger partial charge in [0.05, 0.1) is 35.0 Å². The van der Waals surface area contributed by atoms with E-state index >= 15 is 0 Å². The SMILES string of the molecule is CC(C)[C@H](C)C(=O)N1CC2(CC2)C[C@H]1c1nc2ccc(C#Cc3ccc(-c4cnc([C@@H]5CCCN5C(=O)[C@@H](NC(=O)OC(C)(C)C)[C@@H](C)c5ccccc5)[nH]4)cc3)cc2[nH]1. The highest BCUT2D eigenvalue weighted by atomic mass is 16.6. The standard InChI is InChI=1S/C49H57N7O4/c1-30(2)31(3)45(57)56-29-49(23-24-49)27-41(56)44-51-37-22-19-34(26-38(37)52-44)16-15-33-17-20-36(21-18-33)39-28-50-43(53-39)40-14-11-25-55(40)46(58)42(54-47(59)60-48(5,6)7)32(4)35-12-9-8-10-13-35/h8-10,12-13,17-22,26,28,30-32,40-42H,11,14,23-25,27,29H2,1-7H3,(H,50,53)(H,51,52)(H,54,59)/t31-,32-,40-,41-,42-/m0/s1. The minimum Gasteiger partial charge on any atom is -0.444 e. The van der Waals surface area contributed by atoms with Gasteiger partial charge in [-0.2, -0.15) is 0 Å². The van der Waals surface area contributed by atoms with Gasteiger partial charge < -0.3 is 29.8 Å². The van der Waals surface area contributed by atoms with Crippen LogP contribution < -0.4 is 5.32 Å². The molecule has 1 saturated carbocycles. The summed E-state index contributed by atoms with van der Waals surface area (Å²) in [6, 6.07) is 22.7. The van der Waals surface area contributed by atoms with E-state index in [4.69, 9.17) is 14.7 Å². The molecule has 0 radical (unpaired) electrons. The molecule has 2 aromatic heterocycles. The lowest BCUT2D eigenvalue weighted by molar-refractivity contribution is -0.137. The van der Waals surface area contributed by atoms with Gasteiger partial charge in [0.2, 0.25) is 11.8 Å². The Labute approximate surface area is 353 Å². The molecule has 1 spiro atoms. The summed E-state index contributed by atoms with van der Waals surface area (Å²) in [5.74, 6) is 8.25. The zero-order valence-electron chi connectivity index (χ0n) is 35.8. The number of alkyl carbamates (subject to hydrolysis) is 1. The highest BCUT2D eigenvalue weighted by Gasteiger charge is 2.54. The van der Waals surface area contributed by atoms with Crippen LogP contribution in [0.15, 0.2) is 79.0 Å². The fourth-order valence-electron chi connectivity index (χ4n) is 8.69. The Morgan fingerprint density at radius 3 is 2.28 bits per heavy atom. The number of fused-ring (bicyclic) bond motifs is 1. The van der Waals surface area contributed by atoms with Crippen molar-refractivity contribution in [3.05, 3.63) is 107 Å². The molecule has 3 fully saturated rings. The first-order valence-electron chi connectivity index (χ1n) is 21.5. The van der Waals surface area contributed by atoms with E-state index in [1.54, 1.807) is 20.8 Å². The van der Waals surface area contributed by atoms with Gasteiger partial charge in [-0.25, -0.2) is 14.8 Å². The molecule has 5 atom stereocenters. The third-order valence-corrected chi connectivity index (χ3v) is 12.7. The molecular weight excluding hydrogens is 751 g/mol. The van der Waals surface area contributed by atoms with Crippen molar-refractivity contribution in [1.82, 2.24) is 35.1 Å². The predicted molar refractivity (Wildman–Crippen MR) is 233 cm³/mol. The summed E-state index contributed by atoms with van der Waals surface area (Å²) in [5, 5.41) is 2.90. The number of hydrogen-bond acceptors (Lipinski definition) is 6. The van der Waals surface area contributed by atoms with E-state index in [-0.39, 0.29) is 41.1 Å². The number of nitrogens with one attached hydrogen (secondary N) is 3. The van der Waals surface area contributed by atoms with Gasteiger partial charge in [-0.05, 0) is 106 Å². The van der Waals surface area contributed by atoms with E-state index in [9.17, 15) is 14.4 Å². The first kappa shape index (κ1) is 40.9. The van der Waals surface area contributed by atoms with Gasteiger partial charge in [-0.15, -0.1) is 0 Å². The van der Waals surface area contributed by atoms with Crippen LogP contribution in [0.2, 0.25) is 0 Å². The van der Waals surface area contributed by atoms with Crippen molar-refractivity contribution in [1.29, 1.82) is 0 Å². The number of ether oxygens (including phenoxy) is 1. The Hall–Kier alpha value is -5.89. The molecule has 2 saturated heterocycles. The second-order valence-corrected chi connectivity index (χ2v) is 18.6. The van der Waals surface area contributed by atoms with Crippen LogP contribution in [0.5, 0.6) is 0 Å². The highest BCUT2D eigenvalue weighted by molar-refractivity contribution is 5.87. The number of rotatable bonds is 9. The second-order valence-electron chi connectivity index (χ2n) is 18.6. The van der Waals surface area contributed by atoms with E-state index in [0.29, 0.717) is 18.3 Å². The topological polar surface area (TPSA) is 136 Å². The van der Waals surface area contributed by atoms with Gasteiger partial charge in [-0.1, -0.05) is 82.0 Å². The van der Waals surface area contributed by atoms with E-state index in [2.05, 4.69) is 45.9 Å². The maximum Gasteiger partial charge on any atom is 0.408 e. The molecule has 312 valence electrons. The Bertz CT molecular complexity index is 2430. The summed E-state index contributed by atoms with van der Waals surface area (Å²) in [7, 11) is 0. The first-order chi connectivity index (χ1) is 28.7. The quantitative estimate of drug-likeness (QED) is 0.127. The third kappa shape index (κ3) is 8.70. The molecule has 11 nitrogen and oxygen atoms in total. The smallest absolute Gasteiger partial charge is 0.408 e. The Balaban J connectivity index is 0.947. The van der Waals surface area contributed by atoms with Crippen LogP contribution in [0.1, 0.15) is 127 Å². The molecule has 11 heteroatoms. The van der Waals surface area contributed by atoms with Crippen LogP contribution in [0.25, 0.3) is 22.3 Å². The van der Waals surface area contributed by atoms with Crippen LogP contribution in [0.3, 0.4) is 0 Å². The van der Waals surface area contributed by atoms with Crippen molar-refractivity contribution >= 4 is 28.9 Å². The minimum absolute atomic E-state index is 0.0240. The summed E-state index contributed by atoms with van der Waals surface area (Å²) in [5.41, 5.74) is 5.87. The predicted octanol–water partition coefficient (Wildman–Crippen LogP) is 9.06. The van der Waals surface area contributed by atoms with Gasteiger partial charge in [0.1, 0.15) is 23.3 Å². The summed E-state index contributed by atoms with van der Waals surface area (Å²) in [6.45, 7) is 15.0. The molecule has 4 heterocycles. The number of carbonyl (C=O) groups excluding carboxylic acids is 3. The van der Waals surface area contributed by atoms with Gasteiger partial charge in [-0.3, -0.25) is 9.59 Å². The van der Waals surface area contributed by atoms with Gasteiger partial charge in [0, 0.05) is 36.1 Å². The second kappa shape index (κ2) is 16.3. The van der Waals surface area contributed by atoms with Gasteiger partial charge in [0.25, 0.3) is 0 Å². The van der Waals surface area contributed by atoms with E-state index in [1.807, 2.05) is 97.7 Å². The van der Waals surface area contributed by atoms with Crippen LogP contribution in [0.4, 0.5) is 4.79 Å². The normalized spacial score (nSPS) is 19.9. The van der Waals surface area contributed by atoms with Crippen LogP contribution in [-0.4, -0.2) is 72.4 Å². The average molecular weight is 808 g/mol. The van der Waals surface area contributed by atoms with Crippen molar-refractivity contribution in [2.45, 2.75) is 110 Å². The van der Waals surface area contributed by atoms with E-state index in [1.165, 1.54) is 12.8 Å². The lowest BCUT2D eigenvalue weighted by Crippen LogP contribution is -2.52. The lowest BCUT2D eigenvalue weighted by Gasteiger charge is -2.32. The number of imidazole rings is 2. The van der Waals surface area contributed by atoms with Crippen LogP contribution in [-0.2, 0) is 14.3 Å². The van der Waals surface area contributed by atoms with E-state index in [0.717, 1.165) is 70.6 Å². The number of nitrogens with zero attached hydrogens (tertiary/aromatic N) is 4. The van der Waals surface area contributed by atoms with Crippen LogP contribution in [0, 0.1) is 29.1 Å². The number of H-pyrrole nitrogens is 2. The van der Waals surface area contributed by atoms with Crippen LogP contribution >= 0.6 is 0 Å². The Morgan fingerprint density at radius 2 is 1.58 bits per heavy atom. The molecule has 3 N–H and O–H groups in total. The summed E-state index contributed by atoms with van der Waals surface area (Å²) in [6.07, 6.45) is 6.10. The summed E-state index contributed by atoms with van der Waals surface area (Å²) < 4.78 is 5.57. The Morgan fingerprint density at radius 1 is 0.867 bits per heavy atom. The fourth-order valence-corrected chi connectivity index (χ4v) is 8.69. The molecule has 0 bridgehead atoms. The van der Waals surface area contributed by atoms with Crippen molar-refractivity contribution in [2.24, 2.45) is 17.3 Å². The molecule has 0 unspecified atom stereocenters. The molecular formula is C49H57N7O4. The molecule has 8 rings (SSSR count). The monoisotopic (exact) mass is 807 g/mol. The molecule has 3 amide bonds. The number of hydrogen-bond donors (Lipinski definition) is 3. The maximum absolute atomic E-state index is 14.3. The number of likely N-dealkylation sites (tertiary alicyclic amines) is 2. The fraction of sp³-hybridized carbons (Fsp3) is 0.449. The molecule has 2 aliphatic heterocycles. The van der Waals surface area contributed by atoms with Gasteiger partial charge in [0.15, 0.2) is 0 Å². The zero-order valence-corrected chi connectivity index (χ0v) is 35.8. The van der Waals surface area contributed by atoms with Crippen molar-refractivity contribution in [2.75, 3.05) is 13.1 Å². The molecule has 5 aromatic rings. The number of benzene rings is 3. The number of aromatic amines is 2. The Kier molecular flexibility index (Phi) is 11.1. The molecule has 3 aromatic carbocycles. The first-order valence-corrected chi connectivity index (χ1v) is 21.5. The molecule has 3 aliphatic rings. The average Bonchev–Trinajstić information content (AvgIpc) is 3.71. The number of carbonyl (C=O) groups is 3. The third-order valence-electron chi connectivity index (χ3n) is 12.7. The number of amides is 3. The highest BCUT2D eigenvalue weighted by Crippen LogP contribution is 2.58. The minimum atomic E-state index is -0.821.